The summed E-state index contributed by atoms with van der Waals surface area (Å²) in [4.78, 5) is 47.3. The number of rotatable bonds is 11. The van der Waals surface area contributed by atoms with Crippen molar-refractivity contribution in [3.63, 3.8) is 0 Å². The van der Waals surface area contributed by atoms with E-state index in [9.17, 15) is 14.4 Å². The molecule has 1 aromatic heterocycles. The molecule has 0 spiro atoms. The average molecular weight is 709 g/mol. The summed E-state index contributed by atoms with van der Waals surface area (Å²) < 4.78 is 0. The van der Waals surface area contributed by atoms with Gasteiger partial charge in [0.25, 0.3) is 11.8 Å². The zero-order valence-electron chi connectivity index (χ0n) is 28.3. The molecule has 0 saturated carbocycles. The molecular formula is C42H36N4O3S2. The van der Waals surface area contributed by atoms with Crippen LogP contribution in [0.5, 0.6) is 0 Å². The molecule has 1 unspecified atom stereocenters. The third kappa shape index (κ3) is 9.27. The number of benzene rings is 5. The number of amides is 3. The number of hydrogen-bond acceptors (Lipinski definition) is 6. The van der Waals surface area contributed by atoms with Crippen LogP contribution in [0.2, 0.25) is 0 Å². The maximum atomic E-state index is 13.9. The Kier molecular flexibility index (Phi) is 11.2. The average Bonchev–Trinajstić information content (AvgIpc) is 3.50. The van der Waals surface area contributed by atoms with Crippen molar-refractivity contribution in [1.29, 1.82) is 0 Å². The first-order chi connectivity index (χ1) is 24.7. The highest BCUT2D eigenvalue weighted by molar-refractivity contribution is 8.00. The fourth-order valence-corrected chi connectivity index (χ4v) is 7.27. The minimum absolute atomic E-state index is 0.0952. The number of aromatic nitrogens is 1. The highest BCUT2D eigenvalue weighted by Gasteiger charge is 2.24. The van der Waals surface area contributed by atoms with E-state index in [4.69, 9.17) is 4.98 Å². The molecule has 6 aromatic rings. The van der Waals surface area contributed by atoms with Crippen LogP contribution in [-0.4, -0.2) is 22.7 Å². The maximum Gasteiger partial charge on any atom is 0.272 e. The van der Waals surface area contributed by atoms with Crippen LogP contribution in [0.1, 0.15) is 42.7 Å². The highest BCUT2D eigenvalue weighted by Crippen LogP contribution is 2.38. The van der Waals surface area contributed by atoms with Crippen LogP contribution in [0.25, 0.3) is 17.3 Å². The summed E-state index contributed by atoms with van der Waals surface area (Å²) in [5, 5.41) is 8.71. The van der Waals surface area contributed by atoms with Crippen molar-refractivity contribution >= 4 is 57.7 Å². The highest BCUT2D eigenvalue weighted by atomic mass is 32.2. The van der Waals surface area contributed by atoms with Crippen LogP contribution >= 0.6 is 23.1 Å². The van der Waals surface area contributed by atoms with E-state index in [1.807, 2.05) is 124 Å². The lowest BCUT2D eigenvalue weighted by Gasteiger charge is -2.17. The van der Waals surface area contributed by atoms with Crippen LogP contribution in [0.15, 0.2) is 144 Å². The number of aryl methyl sites for hydroxylation is 3. The molecular weight excluding hydrogens is 673 g/mol. The quantitative estimate of drug-likeness (QED) is 0.0920. The van der Waals surface area contributed by atoms with E-state index in [2.05, 4.69) is 16.0 Å². The van der Waals surface area contributed by atoms with E-state index in [1.165, 1.54) is 28.7 Å². The molecule has 0 aliphatic rings. The van der Waals surface area contributed by atoms with Crippen LogP contribution in [0, 0.1) is 20.8 Å². The number of nitrogens with zero attached hydrogens (tertiary/aromatic N) is 1. The third-order valence-electron chi connectivity index (χ3n) is 7.92. The number of carbonyl (C=O) groups excluding carboxylic acids is 3. The summed E-state index contributed by atoms with van der Waals surface area (Å²) in [6, 6.07) is 41.5. The summed E-state index contributed by atoms with van der Waals surface area (Å²) in [6.45, 7) is 6.01. The number of nitrogens with one attached hydrogen (secondary N) is 3. The van der Waals surface area contributed by atoms with Gasteiger partial charge in [-0.1, -0.05) is 114 Å². The monoisotopic (exact) mass is 708 g/mol. The molecule has 0 saturated heterocycles. The molecule has 7 nitrogen and oxygen atoms in total. The normalized spacial score (nSPS) is 11.8. The van der Waals surface area contributed by atoms with E-state index in [1.54, 1.807) is 36.4 Å². The number of carbonyl (C=O) groups is 3. The number of hydrogen-bond donors (Lipinski definition) is 3. The first kappa shape index (κ1) is 35.1. The van der Waals surface area contributed by atoms with Crippen molar-refractivity contribution in [2.45, 2.75) is 30.9 Å². The van der Waals surface area contributed by atoms with Crippen LogP contribution in [-0.2, 0) is 9.59 Å². The molecule has 0 aliphatic carbocycles. The summed E-state index contributed by atoms with van der Waals surface area (Å²) >= 11 is 2.81. The van der Waals surface area contributed by atoms with Gasteiger partial charge in [0.2, 0.25) is 5.91 Å². The molecule has 0 radical (unpaired) electrons. The van der Waals surface area contributed by atoms with Gasteiger partial charge in [0.15, 0.2) is 5.13 Å². The number of thioether (sulfide) groups is 1. The Morgan fingerprint density at radius 2 is 1.43 bits per heavy atom. The van der Waals surface area contributed by atoms with Crippen molar-refractivity contribution in [3.05, 3.63) is 172 Å². The lowest BCUT2D eigenvalue weighted by atomic mass is 10.1. The molecule has 3 amide bonds. The van der Waals surface area contributed by atoms with Gasteiger partial charge in [-0.05, 0) is 68.3 Å². The second-order valence-corrected chi connectivity index (χ2v) is 14.3. The zero-order chi connectivity index (χ0) is 35.7. The van der Waals surface area contributed by atoms with Gasteiger partial charge in [0.1, 0.15) is 10.9 Å². The molecule has 0 bridgehead atoms. The molecule has 51 heavy (non-hydrogen) atoms. The summed E-state index contributed by atoms with van der Waals surface area (Å²) in [5.74, 6) is -1.09. The second-order valence-electron chi connectivity index (χ2n) is 12.0. The SMILES string of the molecule is Cc1ccc(-c2nc(NC(=O)C(Sc3cccc(NC(=O)/C(=C\c4cccc(C)c4)NC(=O)c4ccccc4)c3)c3ccccc3)sc2C)cc1. The van der Waals surface area contributed by atoms with Gasteiger partial charge in [0.05, 0.1) is 5.69 Å². The summed E-state index contributed by atoms with van der Waals surface area (Å²) in [7, 11) is 0. The second kappa shape index (κ2) is 16.3. The lowest BCUT2D eigenvalue weighted by Crippen LogP contribution is -2.30. The molecule has 3 N–H and O–H groups in total. The molecule has 9 heteroatoms. The van der Waals surface area contributed by atoms with E-state index in [0.29, 0.717) is 16.4 Å². The Morgan fingerprint density at radius 3 is 2.16 bits per heavy atom. The van der Waals surface area contributed by atoms with Crippen molar-refractivity contribution in [3.8, 4) is 11.3 Å². The molecule has 5 aromatic carbocycles. The largest absolute Gasteiger partial charge is 0.321 e. The van der Waals surface area contributed by atoms with Crippen LogP contribution < -0.4 is 16.0 Å². The zero-order valence-corrected chi connectivity index (χ0v) is 30.0. The van der Waals surface area contributed by atoms with Gasteiger partial charge in [-0.3, -0.25) is 14.4 Å². The Bertz CT molecular complexity index is 2200. The van der Waals surface area contributed by atoms with E-state index in [0.717, 1.165) is 37.7 Å². The maximum absolute atomic E-state index is 13.9. The minimum Gasteiger partial charge on any atom is -0.321 e. The van der Waals surface area contributed by atoms with Crippen molar-refractivity contribution in [2.75, 3.05) is 10.6 Å². The molecule has 6 rings (SSSR count). The van der Waals surface area contributed by atoms with E-state index >= 15 is 0 Å². The minimum atomic E-state index is -0.605. The van der Waals surface area contributed by atoms with Crippen molar-refractivity contribution < 1.29 is 14.4 Å². The van der Waals surface area contributed by atoms with Crippen LogP contribution in [0.3, 0.4) is 0 Å². The first-order valence-electron chi connectivity index (χ1n) is 16.3. The Labute approximate surface area is 305 Å². The van der Waals surface area contributed by atoms with Gasteiger partial charge >= 0.3 is 0 Å². The lowest BCUT2D eigenvalue weighted by molar-refractivity contribution is -0.116. The molecule has 254 valence electrons. The smallest absolute Gasteiger partial charge is 0.272 e. The van der Waals surface area contributed by atoms with Crippen molar-refractivity contribution in [2.24, 2.45) is 0 Å². The first-order valence-corrected chi connectivity index (χ1v) is 18.0. The molecule has 0 aliphatic heterocycles. The topological polar surface area (TPSA) is 100 Å². The molecule has 0 fully saturated rings. The number of anilines is 2. The van der Waals surface area contributed by atoms with Gasteiger partial charge in [0, 0.05) is 26.6 Å². The Hall–Kier alpha value is -5.77. The van der Waals surface area contributed by atoms with E-state index < -0.39 is 17.1 Å². The van der Waals surface area contributed by atoms with Crippen molar-refractivity contribution in [1.82, 2.24) is 10.3 Å². The van der Waals surface area contributed by atoms with Crippen LogP contribution in [0.4, 0.5) is 10.8 Å². The summed E-state index contributed by atoms with van der Waals surface area (Å²) in [6.07, 6.45) is 1.65. The fraction of sp³-hybridized carbons (Fsp3) is 0.0952. The van der Waals surface area contributed by atoms with Gasteiger partial charge in [-0.2, -0.15) is 0 Å². The summed E-state index contributed by atoms with van der Waals surface area (Å²) in [5.41, 5.74) is 6.68. The predicted molar refractivity (Wildman–Crippen MR) is 209 cm³/mol. The molecule has 1 atom stereocenters. The molecule has 1 heterocycles. The Morgan fingerprint density at radius 1 is 0.725 bits per heavy atom. The fourth-order valence-electron chi connectivity index (χ4n) is 5.35. The van der Waals surface area contributed by atoms with Gasteiger partial charge < -0.3 is 16.0 Å². The standard InChI is InChI=1S/C42H36N4O3S2/c1-27-20-22-31(23-21-27)37-29(3)50-42(45-37)46-41(49)38(32-14-6-4-7-15-32)51-35-19-11-18-34(26-35)43-40(48)36(25-30-13-10-12-28(2)24-30)44-39(47)33-16-8-5-9-17-33/h4-26,38H,1-3H3,(H,43,48)(H,44,47)(H,45,46,49)/b36-25+. The van der Waals surface area contributed by atoms with E-state index in [-0.39, 0.29) is 11.6 Å². The number of thiazole rings is 1. The van der Waals surface area contributed by atoms with Gasteiger partial charge in [-0.25, -0.2) is 4.98 Å². The predicted octanol–water partition coefficient (Wildman–Crippen LogP) is 9.62. The Balaban J connectivity index is 1.22. The van der Waals surface area contributed by atoms with Gasteiger partial charge in [-0.15, -0.1) is 23.1 Å². The third-order valence-corrected chi connectivity index (χ3v) is 10.1.